The molecule has 1 unspecified atom stereocenters. The maximum atomic E-state index is 13.3. The van der Waals surface area contributed by atoms with Crippen LogP contribution in [0.2, 0.25) is 0 Å². The summed E-state index contributed by atoms with van der Waals surface area (Å²) in [5.41, 5.74) is 3.37. The normalized spacial score (nSPS) is 17.3. The topological polar surface area (TPSA) is 87.1 Å². The summed E-state index contributed by atoms with van der Waals surface area (Å²) in [5, 5.41) is 21.0. The molecule has 4 rings (SSSR count). The van der Waals surface area contributed by atoms with Crippen LogP contribution in [0.1, 0.15) is 41.6 Å². The van der Waals surface area contributed by atoms with E-state index in [4.69, 9.17) is 4.74 Å². The molecule has 0 radical (unpaired) electrons. The number of benzene rings is 3. The molecule has 34 heavy (non-hydrogen) atoms. The Bertz CT molecular complexity index is 1260. The van der Waals surface area contributed by atoms with Crippen LogP contribution in [0, 0.1) is 13.8 Å². The van der Waals surface area contributed by atoms with Crippen LogP contribution < -0.4 is 9.64 Å². The zero-order valence-electron chi connectivity index (χ0n) is 19.4. The Hall–Kier alpha value is -4.06. The summed E-state index contributed by atoms with van der Waals surface area (Å²) in [4.78, 5) is 28.0. The molecule has 0 aromatic heterocycles. The van der Waals surface area contributed by atoms with Crippen molar-refractivity contribution in [1.82, 2.24) is 0 Å². The quantitative estimate of drug-likeness (QED) is 0.293. The van der Waals surface area contributed by atoms with Crippen LogP contribution in [0.3, 0.4) is 0 Å². The zero-order chi connectivity index (χ0) is 24.4. The van der Waals surface area contributed by atoms with Crippen LogP contribution in [-0.4, -0.2) is 28.5 Å². The van der Waals surface area contributed by atoms with E-state index in [1.807, 2.05) is 39.0 Å². The van der Waals surface area contributed by atoms with E-state index < -0.39 is 17.7 Å². The third-order valence-corrected chi connectivity index (χ3v) is 5.88. The predicted octanol–water partition coefficient (Wildman–Crippen LogP) is 5.42. The highest BCUT2D eigenvalue weighted by molar-refractivity contribution is 6.51. The summed E-state index contributed by atoms with van der Waals surface area (Å²) in [5.74, 6) is -1.01. The van der Waals surface area contributed by atoms with Crippen LogP contribution in [-0.2, 0) is 9.59 Å². The summed E-state index contributed by atoms with van der Waals surface area (Å²) >= 11 is 0. The molecule has 174 valence electrons. The first-order valence-electron chi connectivity index (χ1n) is 11.2. The van der Waals surface area contributed by atoms with Crippen molar-refractivity contribution in [2.75, 3.05) is 11.5 Å². The Kier molecular flexibility index (Phi) is 6.41. The third-order valence-electron chi connectivity index (χ3n) is 5.88. The van der Waals surface area contributed by atoms with Gasteiger partial charge in [0.15, 0.2) is 0 Å². The summed E-state index contributed by atoms with van der Waals surface area (Å²) in [6.45, 7) is 6.37. The number of ether oxygens (including phenoxy) is 1. The number of phenols is 1. The average molecular weight is 458 g/mol. The molecular formula is C28H27NO5. The van der Waals surface area contributed by atoms with E-state index in [-0.39, 0.29) is 17.1 Å². The van der Waals surface area contributed by atoms with Gasteiger partial charge in [-0.2, -0.15) is 0 Å². The molecule has 2 N–H and O–H groups in total. The number of ketones is 1. The molecular weight excluding hydrogens is 430 g/mol. The van der Waals surface area contributed by atoms with Crippen molar-refractivity contribution >= 4 is 23.1 Å². The predicted molar refractivity (Wildman–Crippen MR) is 131 cm³/mol. The number of hydrogen-bond donors (Lipinski definition) is 2. The van der Waals surface area contributed by atoms with Crippen LogP contribution in [0.4, 0.5) is 5.69 Å². The van der Waals surface area contributed by atoms with Gasteiger partial charge in [0.2, 0.25) is 0 Å². The lowest BCUT2D eigenvalue weighted by Crippen LogP contribution is -2.30. The molecule has 0 saturated carbocycles. The Labute approximate surface area is 198 Å². The number of carbonyl (C=O) groups excluding carboxylic acids is 2. The summed E-state index contributed by atoms with van der Waals surface area (Å²) in [6.07, 6.45) is 0.871. The van der Waals surface area contributed by atoms with Gasteiger partial charge in [-0.25, -0.2) is 0 Å². The molecule has 0 spiro atoms. The number of Topliss-reactive ketones (excluding diaryl/α,β-unsaturated/α-hetero) is 1. The first kappa shape index (κ1) is 23.1. The lowest BCUT2D eigenvalue weighted by molar-refractivity contribution is -0.132. The highest BCUT2D eigenvalue weighted by Gasteiger charge is 2.47. The van der Waals surface area contributed by atoms with Crippen molar-refractivity contribution in [2.45, 2.75) is 33.2 Å². The van der Waals surface area contributed by atoms with Crippen molar-refractivity contribution in [3.63, 3.8) is 0 Å². The number of aromatic hydroxyl groups is 1. The number of aliphatic hydroxyl groups excluding tert-OH is 1. The number of aliphatic hydroxyl groups is 1. The molecule has 6 heteroatoms. The molecule has 1 atom stereocenters. The van der Waals surface area contributed by atoms with Crippen molar-refractivity contribution < 1.29 is 24.5 Å². The minimum Gasteiger partial charge on any atom is -0.508 e. The van der Waals surface area contributed by atoms with E-state index in [1.54, 1.807) is 36.4 Å². The SMILES string of the molecule is CCCOc1ccc(/C(O)=C2\C(=O)C(=O)N(c3cc(C)ccc3C)C2c2ccc(O)cc2)cc1. The highest BCUT2D eigenvalue weighted by atomic mass is 16.5. The van der Waals surface area contributed by atoms with Crippen molar-refractivity contribution in [1.29, 1.82) is 0 Å². The number of hydrogen-bond acceptors (Lipinski definition) is 5. The Morgan fingerprint density at radius 3 is 2.29 bits per heavy atom. The first-order valence-corrected chi connectivity index (χ1v) is 11.2. The first-order chi connectivity index (χ1) is 16.3. The van der Waals surface area contributed by atoms with Gasteiger partial charge in [-0.1, -0.05) is 31.2 Å². The Morgan fingerprint density at radius 1 is 0.971 bits per heavy atom. The number of carbonyl (C=O) groups is 2. The molecule has 0 aliphatic carbocycles. The molecule has 1 heterocycles. The highest BCUT2D eigenvalue weighted by Crippen LogP contribution is 2.43. The van der Waals surface area contributed by atoms with Crippen molar-refractivity contribution in [2.24, 2.45) is 0 Å². The van der Waals surface area contributed by atoms with Crippen LogP contribution >= 0.6 is 0 Å². The maximum absolute atomic E-state index is 13.3. The van der Waals surface area contributed by atoms with E-state index in [9.17, 15) is 19.8 Å². The fraction of sp³-hybridized carbons (Fsp3) is 0.214. The fourth-order valence-electron chi connectivity index (χ4n) is 4.12. The van der Waals surface area contributed by atoms with Crippen LogP contribution in [0.15, 0.2) is 72.3 Å². The Balaban J connectivity index is 1.88. The number of phenolic OH excluding ortho intramolecular Hbond substituents is 1. The maximum Gasteiger partial charge on any atom is 0.300 e. The molecule has 1 fully saturated rings. The molecule has 6 nitrogen and oxygen atoms in total. The monoisotopic (exact) mass is 457 g/mol. The summed E-state index contributed by atoms with van der Waals surface area (Å²) in [6, 6.07) is 17.9. The largest absolute Gasteiger partial charge is 0.508 e. The second-order valence-electron chi connectivity index (χ2n) is 8.42. The zero-order valence-corrected chi connectivity index (χ0v) is 19.4. The van der Waals surface area contributed by atoms with E-state index in [0.29, 0.717) is 29.2 Å². The second-order valence-corrected chi connectivity index (χ2v) is 8.42. The van der Waals surface area contributed by atoms with E-state index >= 15 is 0 Å². The van der Waals surface area contributed by atoms with E-state index in [0.717, 1.165) is 17.5 Å². The van der Waals surface area contributed by atoms with Gasteiger partial charge in [-0.15, -0.1) is 0 Å². The van der Waals surface area contributed by atoms with Gasteiger partial charge in [-0.3, -0.25) is 14.5 Å². The fourth-order valence-corrected chi connectivity index (χ4v) is 4.12. The molecule has 1 amide bonds. The summed E-state index contributed by atoms with van der Waals surface area (Å²) < 4.78 is 5.60. The van der Waals surface area contributed by atoms with Gasteiger partial charge in [0.05, 0.1) is 18.2 Å². The van der Waals surface area contributed by atoms with E-state index in [2.05, 4.69) is 0 Å². The van der Waals surface area contributed by atoms with Gasteiger partial charge < -0.3 is 14.9 Å². The van der Waals surface area contributed by atoms with Gasteiger partial charge >= 0.3 is 0 Å². The Morgan fingerprint density at radius 2 is 1.65 bits per heavy atom. The van der Waals surface area contributed by atoms with Gasteiger partial charge in [0.1, 0.15) is 17.3 Å². The van der Waals surface area contributed by atoms with Gasteiger partial charge in [0.25, 0.3) is 11.7 Å². The lowest BCUT2D eigenvalue weighted by atomic mass is 9.94. The minimum absolute atomic E-state index is 0.00109. The molecule has 3 aromatic carbocycles. The lowest BCUT2D eigenvalue weighted by Gasteiger charge is -2.27. The average Bonchev–Trinajstić information content (AvgIpc) is 3.10. The summed E-state index contributed by atoms with van der Waals surface area (Å²) in [7, 11) is 0. The number of amides is 1. The third kappa shape index (κ3) is 4.27. The molecule has 1 aliphatic rings. The second kappa shape index (κ2) is 9.43. The van der Waals surface area contributed by atoms with Gasteiger partial charge in [0, 0.05) is 11.3 Å². The van der Waals surface area contributed by atoms with E-state index in [1.165, 1.54) is 17.0 Å². The molecule has 1 aliphatic heterocycles. The van der Waals surface area contributed by atoms with Crippen LogP contribution in [0.5, 0.6) is 11.5 Å². The van der Waals surface area contributed by atoms with Crippen molar-refractivity contribution in [3.05, 3.63) is 94.6 Å². The number of aryl methyl sites for hydroxylation is 2. The number of nitrogens with zero attached hydrogens (tertiary/aromatic N) is 1. The smallest absolute Gasteiger partial charge is 0.300 e. The number of anilines is 1. The standard InChI is InChI=1S/C28H27NO5/c1-4-15-34-22-13-9-20(10-14-22)26(31)24-25(19-7-11-21(30)12-8-19)29(28(33)27(24)32)23-16-17(2)5-6-18(23)3/h5-14,16,25,30-31H,4,15H2,1-3H3/b26-24+. The molecule has 3 aromatic rings. The molecule has 1 saturated heterocycles. The van der Waals surface area contributed by atoms with Crippen LogP contribution in [0.25, 0.3) is 5.76 Å². The van der Waals surface area contributed by atoms with Crippen molar-refractivity contribution in [3.8, 4) is 11.5 Å². The van der Waals surface area contributed by atoms with Gasteiger partial charge in [-0.05, 0) is 79.4 Å². The number of rotatable bonds is 6. The minimum atomic E-state index is -0.850. The molecule has 0 bridgehead atoms.